The minimum absolute atomic E-state index is 0. The van der Waals surface area contributed by atoms with Crippen LogP contribution < -0.4 is 5.73 Å². The molecule has 0 fully saturated rings. The maximum Gasteiger partial charge on any atom is 0.326 e. The predicted octanol–water partition coefficient (Wildman–Crippen LogP) is 2.57. The van der Waals surface area contributed by atoms with E-state index < -0.39 is 17.6 Å². The lowest BCUT2D eigenvalue weighted by Crippen LogP contribution is -2.62. The van der Waals surface area contributed by atoms with Gasteiger partial charge < -0.3 is 15.7 Å². The van der Waals surface area contributed by atoms with E-state index in [9.17, 15) is 14.7 Å². The zero-order chi connectivity index (χ0) is 17.8. The summed E-state index contributed by atoms with van der Waals surface area (Å²) < 4.78 is 0. The Kier molecular flexibility index (Phi) is 8.44. The highest BCUT2D eigenvalue weighted by atomic mass is 35.5. The van der Waals surface area contributed by atoms with Crippen LogP contribution in [0.1, 0.15) is 33.3 Å². The highest BCUT2D eigenvalue weighted by Crippen LogP contribution is 2.24. The minimum Gasteiger partial charge on any atom is -0.480 e. The summed E-state index contributed by atoms with van der Waals surface area (Å²) in [5, 5.41) is 9.42. The molecule has 1 aromatic carbocycles. The average Bonchev–Trinajstić information content (AvgIpc) is 2.46. The molecule has 1 amide bonds. The fourth-order valence-corrected chi connectivity index (χ4v) is 2.81. The number of carbonyl (C=O) groups is 2. The number of aliphatic carboxylic acids is 1. The van der Waals surface area contributed by atoms with Gasteiger partial charge in [-0.05, 0) is 23.8 Å². The van der Waals surface area contributed by atoms with Gasteiger partial charge in [-0.15, -0.1) is 12.4 Å². The number of nitrogens with zero attached hydrogens (tertiary/aromatic N) is 1. The molecule has 136 valence electrons. The second-order valence-electron chi connectivity index (χ2n) is 6.80. The Balaban J connectivity index is 0.00000529. The van der Waals surface area contributed by atoms with E-state index in [-0.39, 0.29) is 30.2 Å². The highest BCUT2D eigenvalue weighted by Gasteiger charge is 2.43. The number of halogens is 1. The molecule has 0 aliphatic carbocycles. The van der Waals surface area contributed by atoms with Crippen LogP contribution in [0.15, 0.2) is 30.3 Å². The smallest absolute Gasteiger partial charge is 0.326 e. The van der Waals surface area contributed by atoms with E-state index in [2.05, 4.69) is 0 Å². The van der Waals surface area contributed by atoms with Crippen molar-refractivity contribution in [3.63, 3.8) is 0 Å². The molecule has 3 N–H and O–H groups in total. The van der Waals surface area contributed by atoms with E-state index in [1.807, 2.05) is 44.2 Å². The van der Waals surface area contributed by atoms with E-state index in [4.69, 9.17) is 5.73 Å². The number of hydrogen-bond donors (Lipinski definition) is 2. The van der Waals surface area contributed by atoms with Gasteiger partial charge in [-0.1, -0.05) is 58.0 Å². The molecule has 0 saturated carbocycles. The number of carbonyl (C=O) groups excluding carboxylic acids is 1. The molecule has 1 rings (SSSR count). The zero-order valence-electron chi connectivity index (χ0n) is 15.0. The number of nitrogens with two attached hydrogens (primary N) is 1. The van der Waals surface area contributed by atoms with Gasteiger partial charge in [0.15, 0.2) is 0 Å². The van der Waals surface area contributed by atoms with Crippen LogP contribution in [-0.2, 0) is 16.0 Å². The van der Waals surface area contributed by atoms with Crippen LogP contribution in [0.4, 0.5) is 0 Å². The lowest BCUT2D eigenvalue weighted by molar-refractivity contribution is -0.154. The van der Waals surface area contributed by atoms with Crippen molar-refractivity contribution in [3.05, 3.63) is 35.9 Å². The summed E-state index contributed by atoms with van der Waals surface area (Å²) >= 11 is 0. The van der Waals surface area contributed by atoms with E-state index in [1.54, 1.807) is 13.8 Å². The molecule has 1 aromatic rings. The van der Waals surface area contributed by atoms with Gasteiger partial charge in [0, 0.05) is 7.05 Å². The number of carboxylic acid groups (broad SMARTS) is 1. The summed E-state index contributed by atoms with van der Waals surface area (Å²) in [4.78, 5) is 25.8. The molecule has 6 heteroatoms. The van der Waals surface area contributed by atoms with Crippen LogP contribution in [0, 0.1) is 11.8 Å². The summed E-state index contributed by atoms with van der Waals surface area (Å²) in [5.74, 6) is -1.67. The predicted molar refractivity (Wildman–Crippen MR) is 98.2 cm³/mol. The Morgan fingerprint density at radius 3 is 2.04 bits per heavy atom. The largest absolute Gasteiger partial charge is 0.480 e. The molecule has 0 bridgehead atoms. The maximum absolute atomic E-state index is 13.0. The van der Waals surface area contributed by atoms with Gasteiger partial charge in [-0.3, -0.25) is 4.79 Å². The number of likely N-dealkylation sites (N-methyl/N-ethyl adjacent to an activating group) is 1. The van der Waals surface area contributed by atoms with Crippen LogP contribution in [0.2, 0.25) is 0 Å². The number of rotatable bonds is 7. The average molecular weight is 357 g/mol. The first-order valence-corrected chi connectivity index (χ1v) is 7.94. The second-order valence-corrected chi connectivity index (χ2v) is 6.80. The van der Waals surface area contributed by atoms with Crippen molar-refractivity contribution in [1.82, 2.24) is 4.90 Å². The summed E-state index contributed by atoms with van der Waals surface area (Å²) in [6, 6.07) is 8.67. The molecule has 0 aliphatic heterocycles. The molecule has 2 atom stereocenters. The third-order valence-electron chi connectivity index (χ3n) is 4.39. The second kappa shape index (κ2) is 9.04. The first kappa shape index (κ1) is 22.4. The van der Waals surface area contributed by atoms with E-state index in [1.165, 1.54) is 11.9 Å². The van der Waals surface area contributed by atoms with Gasteiger partial charge in [0.1, 0.15) is 11.6 Å². The topological polar surface area (TPSA) is 83.6 Å². The molecule has 5 nitrogen and oxygen atoms in total. The molecule has 0 unspecified atom stereocenters. The van der Waals surface area contributed by atoms with Crippen molar-refractivity contribution in [1.29, 1.82) is 0 Å². The molecule has 0 spiro atoms. The molecular weight excluding hydrogens is 328 g/mol. The molecule has 0 aromatic heterocycles. The van der Waals surface area contributed by atoms with Crippen LogP contribution in [0.25, 0.3) is 0 Å². The van der Waals surface area contributed by atoms with Gasteiger partial charge in [0.25, 0.3) is 0 Å². The van der Waals surface area contributed by atoms with E-state index >= 15 is 0 Å². The standard InChI is InChI=1S/C18H28N2O3.ClH/c1-12(2)15(16(21)22)20(5)17(23)18(19,13(3)4)11-14-9-7-6-8-10-14;/h6-10,12-13,15H,11,19H2,1-5H3,(H,21,22);1H/t15-,18-;/m0./s1. The number of hydrogen-bond acceptors (Lipinski definition) is 3. The lowest BCUT2D eigenvalue weighted by Gasteiger charge is -2.39. The number of benzene rings is 1. The number of amides is 1. The maximum atomic E-state index is 13.0. The van der Waals surface area contributed by atoms with Crippen molar-refractivity contribution >= 4 is 24.3 Å². The molecule has 24 heavy (non-hydrogen) atoms. The van der Waals surface area contributed by atoms with Crippen LogP contribution in [0.3, 0.4) is 0 Å². The summed E-state index contributed by atoms with van der Waals surface area (Å²) in [6.45, 7) is 7.35. The quantitative estimate of drug-likeness (QED) is 0.786. The fourth-order valence-electron chi connectivity index (χ4n) is 2.81. The van der Waals surface area contributed by atoms with Gasteiger partial charge >= 0.3 is 5.97 Å². The molecule has 0 aliphatic rings. The SMILES string of the molecule is CC(C)[C@@H](C(=O)O)N(C)C(=O)[C@](N)(Cc1ccccc1)C(C)C.Cl. The van der Waals surface area contributed by atoms with Crippen LogP contribution in [0.5, 0.6) is 0 Å². The lowest BCUT2D eigenvalue weighted by atomic mass is 9.80. The normalized spacial score (nSPS) is 14.7. The number of carboxylic acids is 1. The first-order chi connectivity index (χ1) is 10.6. The highest BCUT2D eigenvalue weighted by molar-refractivity contribution is 5.90. The van der Waals surface area contributed by atoms with Crippen molar-refractivity contribution in [2.24, 2.45) is 17.6 Å². The van der Waals surface area contributed by atoms with E-state index in [0.29, 0.717) is 6.42 Å². The third kappa shape index (κ3) is 4.95. The Hall–Kier alpha value is -1.59. The fraction of sp³-hybridized carbons (Fsp3) is 0.556. The summed E-state index contributed by atoms with van der Waals surface area (Å²) in [7, 11) is 1.52. The van der Waals surface area contributed by atoms with E-state index in [0.717, 1.165) is 5.56 Å². The molecule has 0 heterocycles. The van der Waals surface area contributed by atoms with Crippen molar-refractivity contribution < 1.29 is 14.7 Å². The third-order valence-corrected chi connectivity index (χ3v) is 4.39. The first-order valence-electron chi connectivity index (χ1n) is 7.94. The van der Waals surface area contributed by atoms with Gasteiger partial charge in [-0.25, -0.2) is 4.79 Å². The zero-order valence-corrected chi connectivity index (χ0v) is 15.8. The van der Waals surface area contributed by atoms with Gasteiger partial charge in [0.05, 0.1) is 0 Å². The van der Waals surface area contributed by atoms with Crippen LogP contribution >= 0.6 is 12.4 Å². The Bertz CT molecular complexity index is 548. The van der Waals surface area contributed by atoms with Gasteiger partial charge in [0.2, 0.25) is 5.91 Å². The Morgan fingerprint density at radius 2 is 1.67 bits per heavy atom. The molecular formula is C18H29ClN2O3. The molecule has 0 saturated heterocycles. The van der Waals surface area contributed by atoms with Crippen molar-refractivity contribution in [2.75, 3.05) is 7.05 Å². The van der Waals surface area contributed by atoms with Crippen LogP contribution in [-0.4, -0.2) is 40.5 Å². The monoisotopic (exact) mass is 356 g/mol. The summed E-state index contributed by atoms with van der Waals surface area (Å²) in [6.07, 6.45) is 0.374. The van der Waals surface area contributed by atoms with Crippen molar-refractivity contribution in [3.8, 4) is 0 Å². The van der Waals surface area contributed by atoms with Gasteiger partial charge in [-0.2, -0.15) is 0 Å². The Morgan fingerprint density at radius 1 is 1.17 bits per heavy atom. The Labute approximate surface area is 150 Å². The minimum atomic E-state index is -1.14. The molecule has 0 radical (unpaired) electrons. The summed E-state index contributed by atoms with van der Waals surface area (Å²) in [5.41, 5.74) is 6.29. The van der Waals surface area contributed by atoms with Crippen molar-refractivity contribution in [2.45, 2.75) is 45.7 Å².